The van der Waals surface area contributed by atoms with Crippen molar-refractivity contribution in [2.45, 2.75) is 97.6 Å². The Hall–Kier alpha value is -2.41. The molecule has 2 rings (SSSR count). The first kappa shape index (κ1) is 32.8. The molecule has 0 saturated heterocycles. The molecule has 8 nitrogen and oxygen atoms in total. The molecule has 0 fully saturated rings. The van der Waals surface area contributed by atoms with Crippen molar-refractivity contribution in [3.05, 3.63) is 59.5 Å². The fourth-order valence-electron chi connectivity index (χ4n) is 4.19. The maximum atomic E-state index is 13.1. The first-order valence-corrected chi connectivity index (χ1v) is 15.6. The van der Waals surface area contributed by atoms with Crippen molar-refractivity contribution in [2.24, 2.45) is 0 Å². The molecule has 2 aromatic rings. The highest BCUT2D eigenvalue weighted by Gasteiger charge is 2.34. The second kappa shape index (κ2) is 15.4. The van der Waals surface area contributed by atoms with Gasteiger partial charge in [0, 0.05) is 18.4 Å². The van der Waals surface area contributed by atoms with E-state index < -0.39 is 24.8 Å². The lowest BCUT2D eigenvalue weighted by Gasteiger charge is -2.33. The number of hydrogen-bond acceptors (Lipinski definition) is 7. The third kappa shape index (κ3) is 12.5. The quantitative estimate of drug-likeness (QED) is 0.119. The van der Waals surface area contributed by atoms with Gasteiger partial charge in [-0.2, -0.15) is 0 Å². The number of carbonyl (C=O) groups excluding carboxylic acids is 2. The third-order valence-electron chi connectivity index (χ3n) is 6.21. The lowest BCUT2D eigenvalue weighted by molar-refractivity contribution is 0.0453. The third-order valence-corrected chi connectivity index (χ3v) is 8.29. The van der Waals surface area contributed by atoms with E-state index in [1.807, 2.05) is 25.1 Å². The average molecular weight is 564 g/mol. The van der Waals surface area contributed by atoms with Crippen molar-refractivity contribution < 1.29 is 32.4 Å². The number of aryl methyl sites for hydroxylation is 2. The van der Waals surface area contributed by atoms with Crippen molar-refractivity contribution >= 4 is 19.5 Å². The first-order chi connectivity index (χ1) is 18.4. The summed E-state index contributed by atoms with van der Waals surface area (Å²) in [6, 6.07) is 13.8. The van der Waals surface area contributed by atoms with E-state index in [-0.39, 0.29) is 25.2 Å². The standard InChI is InChI=1S/C30H46NO7P/c1-7-35-39(34,36-8-2)23-22-30(6,31-28(33)38-29(3,4)5)21-20-25-18-19-27(37-25)26(32)17-13-12-16-24-14-10-9-11-15-24/h9-11,14-15,18-19H,7-8,12-13,16-17,20-23H2,1-6H3,(H,31,33)/t30-/m1/s1. The van der Waals surface area contributed by atoms with Crippen LogP contribution < -0.4 is 5.32 Å². The molecule has 1 atom stereocenters. The second-order valence-electron chi connectivity index (χ2n) is 11.0. The van der Waals surface area contributed by atoms with Gasteiger partial charge in [0.25, 0.3) is 0 Å². The zero-order chi connectivity index (χ0) is 28.9. The number of amides is 1. The summed E-state index contributed by atoms with van der Waals surface area (Å²) >= 11 is 0. The van der Waals surface area contributed by atoms with Gasteiger partial charge in [-0.3, -0.25) is 9.36 Å². The second-order valence-corrected chi connectivity index (χ2v) is 13.2. The highest BCUT2D eigenvalue weighted by Crippen LogP contribution is 2.49. The van der Waals surface area contributed by atoms with Crippen molar-refractivity contribution in [3.8, 4) is 0 Å². The van der Waals surface area contributed by atoms with E-state index in [9.17, 15) is 14.2 Å². The van der Waals surface area contributed by atoms with Crippen LogP contribution in [0.2, 0.25) is 0 Å². The van der Waals surface area contributed by atoms with Gasteiger partial charge in [-0.15, -0.1) is 0 Å². The van der Waals surface area contributed by atoms with E-state index in [4.69, 9.17) is 18.2 Å². The number of nitrogens with one attached hydrogen (secondary N) is 1. The summed E-state index contributed by atoms with van der Waals surface area (Å²) in [5.74, 6) is 0.986. The SMILES string of the molecule is CCOP(=O)(CC[C@@](C)(CCc1ccc(C(=O)CCCCc2ccccc2)o1)NC(=O)OC(C)(C)C)OCC. The van der Waals surface area contributed by atoms with Crippen LogP contribution in [-0.4, -0.2) is 42.4 Å². The molecule has 1 aromatic carbocycles. The smallest absolute Gasteiger partial charge is 0.408 e. The molecule has 39 heavy (non-hydrogen) atoms. The molecule has 0 saturated carbocycles. The normalized spacial score (nSPS) is 13.6. The highest BCUT2D eigenvalue weighted by atomic mass is 31.2. The maximum absolute atomic E-state index is 13.1. The Morgan fingerprint density at radius 2 is 1.56 bits per heavy atom. The van der Waals surface area contributed by atoms with Crippen LogP contribution >= 0.6 is 7.60 Å². The number of ketones is 1. The lowest BCUT2D eigenvalue weighted by Crippen LogP contribution is -2.48. The molecule has 9 heteroatoms. The van der Waals surface area contributed by atoms with Crippen LogP contribution in [0, 0.1) is 0 Å². The Bertz CT molecular complexity index is 1070. The molecule has 1 N–H and O–H groups in total. The van der Waals surface area contributed by atoms with Crippen LogP contribution in [0.3, 0.4) is 0 Å². The van der Waals surface area contributed by atoms with E-state index in [1.165, 1.54) is 5.56 Å². The molecule has 0 aliphatic rings. The van der Waals surface area contributed by atoms with Gasteiger partial charge in [0.1, 0.15) is 11.4 Å². The maximum Gasteiger partial charge on any atom is 0.408 e. The van der Waals surface area contributed by atoms with Crippen molar-refractivity contribution in [3.63, 3.8) is 0 Å². The molecule has 0 radical (unpaired) electrons. The van der Waals surface area contributed by atoms with Gasteiger partial charge < -0.3 is 23.5 Å². The minimum absolute atomic E-state index is 0.0154. The number of hydrogen-bond donors (Lipinski definition) is 1. The zero-order valence-electron chi connectivity index (χ0n) is 24.4. The van der Waals surface area contributed by atoms with Crippen LogP contribution in [0.5, 0.6) is 0 Å². The number of ether oxygens (including phenoxy) is 1. The number of benzene rings is 1. The van der Waals surface area contributed by atoms with Gasteiger partial charge in [0.2, 0.25) is 0 Å². The summed E-state index contributed by atoms with van der Waals surface area (Å²) in [4.78, 5) is 25.3. The predicted molar refractivity (Wildman–Crippen MR) is 153 cm³/mol. The molecule has 0 aliphatic carbocycles. The van der Waals surface area contributed by atoms with Crippen LogP contribution in [0.15, 0.2) is 46.9 Å². The topological polar surface area (TPSA) is 104 Å². The van der Waals surface area contributed by atoms with Crippen LogP contribution in [-0.2, 0) is 31.2 Å². The van der Waals surface area contributed by atoms with Gasteiger partial charge in [-0.05, 0) is 91.3 Å². The molecule has 1 heterocycles. The molecule has 1 amide bonds. The Labute approximate surface area is 233 Å². The van der Waals surface area contributed by atoms with Gasteiger partial charge in [-0.1, -0.05) is 30.3 Å². The summed E-state index contributed by atoms with van der Waals surface area (Å²) in [6.45, 7) is 11.3. The van der Waals surface area contributed by atoms with Crippen LogP contribution in [0.25, 0.3) is 0 Å². The summed E-state index contributed by atoms with van der Waals surface area (Å²) < 4.78 is 35.3. The number of Topliss-reactive ketones (excluding diaryl/α,β-unsaturated/α-hetero) is 1. The van der Waals surface area contributed by atoms with Crippen molar-refractivity contribution in [1.29, 1.82) is 0 Å². The molecule has 0 bridgehead atoms. The van der Waals surface area contributed by atoms with E-state index in [0.29, 0.717) is 37.2 Å². The lowest BCUT2D eigenvalue weighted by atomic mass is 9.92. The minimum atomic E-state index is -3.30. The number of alkyl carbamates (subject to hydrolysis) is 1. The molecule has 0 aliphatic heterocycles. The van der Waals surface area contributed by atoms with Crippen LogP contribution in [0.4, 0.5) is 4.79 Å². The Morgan fingerprint density at radius 1 is 0.897 bits per heavy atom. The molecule has 0 unspecified atom stereocenters. The highest BCUT2D eigenvalue weighted by molar-refractivity contribution is 7.53. The van der Waals surface area contributed by atoms with Gasteiger partial charge >= 0.3 is 13.7 Å². The monoisotopic (exact) mass is 563 g/mol. The number of furan rings is 1. The zero-order valence-corrected chi connectivity index (χ0v) is 25.3. The number of carbonyl (C=O) groups is 2. The first-order valence-electron chi connectivity index (χ1n) is 13.9. The molecule has 218 valence electrons. The van der Waals surface area contributed by atoms with E-state index >= 15 is 0 Å². The van der Waals surface area contributed by atoms with E-state index in [0.717, 1.165) is 19.3 Å². The average Bonchev–Trinajstić information content (AvgIpc) is 3.33. The number of unbranched alkanes of at least 4 members (excludes halogenated alkanes) is 1. The summed E-state index contributed by atoms with van der Waals surface area (Å²) in [7, 11) is -3.30. The van der Waals surface area contributed by atoms with Gasteiger partial charge in [-0.25, -0.2) is 4.79 Å². The van der Waals surface area contributed by atoms with Crippen LogP contribution in [0.1, 0.15) is 95.5 Å². The fourth-order valence-corrected chi connectivity index (χ4v) is 6.07. The Kier molecular flexibility index (Phi) is 12.9. The molecular formula is C30H46NO7P. The molecule has 0 spiro atoms. The largest absolute Gasteiger partial charge is 0.458 e. The molecule has 1 aromatic heterocycles. The summed E-state index contributed by atoms with van der Waals surface area (Å²) in [6.07, 6.45) is 3.99. The minimum Gasteiger partial charge on any atom is -0.458 e. The predicted octanol–water partition coefficient (Wildman–Crippen LogP) is 7.75. The van der Waals surface area contributed by atoms with Crippen molar-refractivity contribution in [1.82, 2.24) is 5.32 Å². The Balaban J connectivity index is 1.98. The van der Waals surface area contributed by atoms with Gasteiger partial charge in [0.15, 0.2) is 11.5 Å². The molecular weight excluding hydrogens is 517 g/mol. The summed E-state index contributed by atoms with van der Waals surface area (Å²) in [5.41, 5.74) is -0.165. The summed E-state index contributed by atoms with van der Waals surface area (Å²) in [5, 5.41) is 2.95. The van der Waals surface area contributed by atoms with Crippen molar-refractivity contribution in [2.75, 3.05) is 19.4 Å². The van der Waals surface area contributed by atoms with E-state index in [2.05, 4.69) is 17.4 Å². The number of rotatable bonds is 17. The fraction of sp³-hybridized carbons (Fsp3) is 0.600. The Morgan fingerprint density at radius 3 is 2.18 bits per heavy atom. The van der Waals surface area contributed by atoms with E-state index in [1.54, 1.807) is 46.8 Å². The van der Waals surface area contributed by atoms with Gasteiger partial charge in [0.05, 0.1) is 19.4 Å².